The van der Waals surface area contributed by atoms with E-state index in [0.717, 1.165) is 6.07 Å². The van der Waals surface area contributed by atoms with Crippen LogP contribution >= 0.6 is 0 Å². The quantitative estimate of drug-likeness (QED) is 0.435. The maximum Gasteiger partial charge on any atom is 0.262 e. The molecule has 28 heavy (non-hydrogen) atoms. The van der Waals surface area contributed by atoms with Crippen molar-refractivity contribution >= 4 is 27.6 Å². The van der Waals surface area contributed by atoms with E-state index in [1.165, 1.54) is 54.6 Å². The molecule has 3 N–H and O–H groups in total. The van der Waals surface area contributed by atoms with Gasteiger partial charge in [-0.3, -0.25) is 9.52 Å². The molecule has 0 amide bonds. The molecular weight excluding hydrogens is 378 g/mol. The molecule has 0 heterocycles. The average molecular weight is 395 g/mol. The Hall–Kier alpha value is -3.58. The smallest absolute Gasteiger partial charge is 0.262 e. The van der Waals surface area contributed by atoms with E-state index in [2.05, 4.69) is 4.72 Å². The van der Waals surface area contributed by atoms with Crippen LogP contribution in [0, 0.1) is 0 Å². The molecule has 0 atom stereocenters. The predicted molar refractivity (Wildman–Crippen MR) is 107 cm³/mol. The number of anilines is 1. The summed E-state index contributed by atoms with van der Waals surface area (Å²) in [4.78, 5) is 12.5. The van der Waals surface area contributed by atoms with Crippen LogP contribution in [0.2, 0.25) is 0 Å². The molecule has 0 aliphatic heterocycles. The summed E-state index contributed by atoms with van der Waals surface area (Å²) in [7, 11) is -3.98. The van der Waals surface area contributed by atoms with E-state index < -0.39 is 15.8 Å². The lowest BCUT2D eigenvalue weighted by atomic mass is 10.1. The molecule has 0 unspecified atom stereocenters. The van der Waals surface area contributed by atoms with Crippen LogP contribution in [0.4, 0.5) is 5.69 Å². The highest BCUT2D eigenvalue weighted by atomic mass is 32.2. The minimum absolute atomic E-state index is 0.0777. The van der Waals surface area contributed by atoms with Crippen LogP contribution < -0.4 is 4.72 Å². The maximum absolute atomic E-state index is 12.6. The highest BCUT2D eigenvalue weighted by Gasteiger charge is 2.18. The number of carbonyl (C=O) groups excluding carboxylic acids is 1. The summed E-state index contributed by atoms with van der Waals surface area (Å²) in [5.74, 6) is -0.507. The molecule has 0 radical (unpaired) electrons. The predicted octanol–water partition coefficient (Wildman–Crippen LogP) is 3.79. The van der Waals surface area contributed by atoms with Crippen molar-refractivity contribution in [1.82, 2.24) is 0 Å². The Morgan fingerprint density at radius 3 is 2.25 bits per heavy atom. The Morgan fingerprint density at radius 2 is 1.54 bits per heavy atom. The SMILES string of the molecule is O=C(/C=C/c1cccc(O)c1)c1ccccc1NS(=O)(=O)c1cccc(O)c1. The lowest BCUT2D eigenvalue weighted by molar-refractivity contribution is 0.104. The van der Waals surface area contributed by atoms with Crippen molar-refractivity contribution in [3.05, 3.63) is 90.0 Å². The molecule has 7 heteroatoms. The number of nitrogens with one attached hydrogen (secondary N) is 1. The number of sulfonamides is 1. The van der Waals surface area contributed by atoms with Gasteiger partial charge in [0.05, 0.1) is 10.6 Å². The lowest BCUT2D eigenvalue weighted by Gasteiger charge is -2.11. The molecule has 0 aliphatic rings. The first-order chi connectivity index (χ1) is 13.3. The van der Waals surface area contributed by atoms with Gasteiger partial charge in [-0.1, -0.05) is 36.4 Å². The third-order valence-electron chi connectivity index (χ3n) is 3.86. The second-order valence-corrected chi connectivity index (χ2v) is 7.62. The van der Waals surface area contributed by atoms with Gasteiger partial charge in [-0.25, -0.2) is 8.42 Å². The van der Waals surface area contributed by atoms with Gasteiger partial charge in [-0.2, -0.15) is 0 Å². The van der Waals surface area contributed by atoms with E-state index in [1.807, 2.05) is 0 Å². The molecule has 0 saturated heterocycles. The summed E-state index contributed by atoms with van der Waals surface area (Å²) in [5, 5.41) is 19.0. The molecule has 0 saturated carbocycles. The van der Waals surface area contributed by atoms with Crippen molar-refractivity contribution in [3.8, 4) is 11.5 Å². The summed E-state index contributed by atoms with van der Waals surface area (Å²) >= 11 is 0. The topological polar surface area (TPSA) is 104 Å². The molecule has 0 aliphatic carbocycles. The number of aromatic hydroxyl groups is 2. The molecule has 0 bridgehead atoms. The standard InChI is InChI=1S/C21H17NO5S/c23-16-6-3-5-15(13-16)11-12-21(25)19-9-1-2-10-20(19)22-28(26,27)18-8-4-7-17(24)14-18/h1-14,22-24H/b12-11+. The van der Waals surface area contributed by atoms with Crippen molar-refractivity contribution < 1.29 is 23.4 Å². The van der Waals surface area contributed by atoms with E-state index in [4.69, 9.17) is 0 Å². The molecule has 142 valence electrons. The number of allylic oxidation sites excluding steroid dienone is 1. The summed E-state index contributed by atoms with van der Waals surface area (Å²) in [6.45, 7) is 0. The number of hydrogen-bond acceptors (Lipinski definition) is 5. The number of hydrogen-bond donors (Lipinski definition) is 3. The third kappa shape index (κ3) is 4.57. The second-order valence-electron chi connectivity index (χ2n) is 5.94. The summed E-state index contributed by atoms with van der Waals surface area (Å²) in [6.07, 6.45) is 2.83. The molecule has 3 aromatic rings. The molecule has 3 aromatic carbocycles. The van der Waals surface area contributed by atoms with Crippen LogP contribution in [0.25, 0.3) is 6.08 Å². The van der Waals surface area contributed by atoms with E-state index >= 15 is 0 Å². The van der Waals surface area contributed by atoms with Crippen molar-refractivity contribution in [2.45, 2.75) is 4.90 Å². The van der Waals surface area contributed by atoms with E-state index in [1.54, 1.807) is 24.3 Å². The number of ketones is 1. The highest BCUT2D eigenvalue weighted by molar-refractivity contribution is 7.92. The molecule has 0 fully saturated rings. The Labute approximate surface area is 162 Å². The number of rotatable bonds is 6. The first-order valence-corrected chi connectivity index (χ1v) is 9.76. The van der Waals surface area contributed by atoms with Gasteiger partial charge in [-0.15, -0.1) is 0 Å². The highest BCUT2D eigenvalue weighted by Crippen LogP contribution is 2.23. The fraction of sp³-hybridized carbons (Fsp3) is 0. The third-order valence-corrected chi connectivity index (χ3v) is 5.23. The summed E-state index contributed by atoms with van der Waals surface area (Å²) in [5.41, 5.74) is 0.921. The Balaban J connectivity index is 1.88. The normalized spacial score (nSPS) is 11.4. The molecule has 6 nitrogen and oxygen atoms in total. The lowest BCUT2D eigenvalue weighted by Crippen LogP contribution is -2.15. The van der Waals surface area contributed by atoms with Crippen molar-refractivity contribution in [2.75, 3.05) is 4.72 Å². The van der Waals surface area contributed by atoms with Crippen LogP contribution in [0.3, 0.4) is 0 Å². The molecule has 0 spiro atoms. The zero-order valence-corrected chi connectivity index (χ0v) is 15.4. The van der Waals surface area contributed by atoms with Crippen LogP contribution in [-0.2, 0) is 10.0 Å². The minimum Gasteiger partial charge on any atom is -0.508 e. The first kappa shape index (κ1) is 19.2. The number of para-hydroxylation sites is 1. The van der Waals surface area contributed by atoms with Gasteiger partial charge >= 0.3 is 0 Å². The van der Waals surface area contributed by atoms with Crippen LogP contribution in [-0.4, -0.2) is 24.4 Å². The molecule has 3 rings (SSSR count). The van der Waals surface area contributed by atoms with Crippen molar-refractivity contribution in [2.24, 2.45) is 0 Å². The van der Waals surface area contributed by atoms with E-state index in [-0.39, 0.29) is 27.6 Å². The minimum atomic E-state index is -3.98. The maximum atomic E-state index is 12.6. The number of phenolic OH excluding ortho intramolecular Hbond substituents is 2. The van der Waals surface area contributed by atoms with Crippen molar-refractivity contribution in [3.63, 3.8) is 0 Å². The van der Waals surface area contributed by atoms with Gasteiger partial charge in [0, 0.05) is 11.6 Å². The molecule has 0 aromatic heterocycles. The Morgan fingerprint density at radius 1 is 0.857 bits per heavy atom. The van der Waals surface area contributed by atoms with Crippen LogP contribution in [0.5, 0.6) is 11.5 Å². The van der Waals surface area contributed by atoms with Crippen LogP contribution in [0.1, 0.15) is 15.9 Å². The second kappa shape index (κ2) is 7.98. The van der Waals surface area contributed by atoms with Crippen molar-refractivity contribution in [1.29, 1.82) is 0 Å². The fourth-order valence-electron chi connectivity index (χ4n) is 2.53. The van der Waals surface area contributed by atoms with E-state index in [0.29, 0.717) is 5.56 Å². The number of benzene rings is 3. The zero-order chi connectivity index (χ0) is 20.1. The number of carbonyl (C=O) groups is 1. The van der Waals surface area contributed by atoms with Gasteiger partial charge < -0.3 is 10.2 Å². The summed E-state index contributed by atoms with van der Waals surface area (Å²) < 4.78 is 27.5. The van der Waals surface area contributed by atoms with Crippen LogP contribution in [0.15, 0.2) is 83.8 Å². The Bertz CT molecular complexity index is 1150. The largest absolute Gasteiger partial charge is 0.508 e. The van der Waals surface area contributed by atoms with E-state index in [9.17, 15) is 23.4 Å². The van der Waals surface area contributed by atoms with Gasteiger partial charge in [0.2, 0.25) is 0 Å². The van der Waals surface area contributed by atoms with Gasteiger partial charge in [0.25, 0.3) is 10.0 Å². The monoisotopic (exact) mass is 395 g/mol. The van der Waals surface area contributed by atoms with Gasteiger partial charge in [0.15, 0.2) is 5.78 Å². The zero-order valence-electron chi connectivity index (χ0n) is 14.6. The Kier molecular flexibility index (Phi) is 5.47. The molecular formula is C21H17NO5S. The summed E-state index contributed by atoms with van der Waals surface area (Å²) in [6, 6.07) is 17.9. The number of phenols is 2. The average Bonchev–Trinajstić information content (AvgIpc) is 2.66. The first-order valence-electron chi connectivity index (χ1n) is 8.27. The van der Waals surface area contributed by atoms with Gasteiger partial charge in [0.1, 0.15) is 11.5 Å². The van der Waals surface area contributed by atoms with Gasteiger partial charge in [-0.05, 0) is 48.0 Å². The fourth-order valence-corrected chi connectivity index (χ4v) is 3.65.